The Kier molecular flexibility index (Phi) is 4.92. The van der Waals surface area contributed by atoms with E-state index in [1.165, 1.54) is 12.1 Å². The van der Waals surface area contributed by atoms with Crippen LogP contribution >= 0.6 is 0 Å². The summed E-state index contributed by atoms with van der Waals surface area (Å²) >= 11 is 0. The molecule has 0 spiro atoms. The molecule has 2 aromatic carbocycles. The van der Waals surface area contributed by atoms with Gasteiger partial charge in [-0.05, 0) is 49.4 Å². The number of hydrogen-bond acceptors (Lipinski definition) is 4. The van der Waals surface area contributed by atoms with E-state index in [2.05, 4.69) is 0 Å². The van der Waals surface area contributed by atoms with Gasteiger partial charge in [0.1, 0.15) is 5.25 Å². The van der Waals surface area contributed by atoms with E-state index in [-0.39, 0.29) is 17.9 Å². The Labute approximate surface area is 147 Å². The first-order chi connectivity index (χ1) is 11.9. The molecule has 3 rings (SSSR count). The van der Waals surface area contributed by atoms with E-state index in [0.29, 0.717) is 17.9 Å². The first-order valence-electron chi connectivity index (χ1n) is 8.31. The lowest BCUT2D eigenvalue weighted by Gasteiger charge is -2.18. The highest BCUT2D eigenvalue weighted by atomic mass is 32.2. The highest BCUT2D eigenvalue weighted by molar-refractivity contribution is 7.92. The molecule has 0 radical (unpaired) electrons. The second-order valence-corrected chi connectivity index (χ2v) is 8.51. The molecule has 25 heavy (non-hydrogen) atoms. The molecule has 0 saturated carbocycles. The fourth-order valence-electron chi connectivity index (χ4n) is 3.03. The van der Waals surface area contributed by atoms with Crippen molar-refractivity contribution in [1.82, 2.24) is 5.06 Å². The van der Waals surface area contributed by atoms with Crippen molar-refractivity contribution in [2.24, 2.45) is 0 Å². The van der Waals surface area contributed by atoms with Crippen LogP contribution in [0.15, 0.2) is 53.4 Å². The molecule has 1 heterocycles. The van der Waals surface area contributed by atoms with Gasteiger partial charge >= 0.3 is 0 Å². The molecule has 1 aliphatic heterocycles. The van der Waals surface area contributed by atoms with Crippen molar-refractivity contribution >= 4 is 15.7 Å². The van der Waals surface area contributed by atoms with Gasteiger partial charge in [0.2, 0.25) is 0 Å². The predicted molar refractivity (Wildman–Crippen MR) is 94.9 cm³/mol. The Morgan fingerprint density at radius 1 is 0.960 bits per heavy atom. The lowest BCUT2D eigenvalue weighted by atomic mass is 10.0. The Hall–Kier alpha value is -2.18. The van der Waals surface area contributed by atoms with Crippen molar-refractivity contribution in [2.75, 3.05) is 6.54 Å². The third kappa shape index (κ3) is 3.60. The molecule has 0 aliphatic carbocycles. The lowest BCUT2D eigenvalue weighted by molar-refractivity contribution is -0.163. The van der Waals surface area contributed by atoms with E-state index in [9.17, 15) is 18.4 Å². The van der Waals surface area contributed by atoms with Gasteiger partial charge < -0.3 is 0 Å². The lowest BCUT2D eigenvalue weighted by Crippen LogP contribution is -2.39. The maximum atomic E-state index is 12.8. The number of rotatable bonds is 3. The second-order valence-electron chi connectivity index (χ2n) is 6.38. The molecule has 1 N–H and O–H groups in total. The summed E-state index contributed by atoms with van der Waals surface area (Å²) in [6.07, 6.45) is 1.42. The van der Waals surface area contributed by atoms with E-state index in [1.807, 2.05) is 31.2 Å². The average Bonchev–Trinajstić information content (AvgIpc) is 2.78. The molecule has 132 valence electrons. The van der Waals surface area contributed by atoms with Gasteiger partial charge in [0.25, 0.3) is 5.91 Å². The molecule has 1 aliphatic rings. The van der Waals surface area contributed by atoms with E-state index in [1.54, 1.807) is 12.1 Å². The SMILES string of the molecule is Cc1ccc(-c2ccc(S(=O)(=O)C3CCCCN(O)C3=O)cc2)cc1. The number of amides is 1. The van der Waals surface area contributed by atoms with Gasteiger partial charge in [-0.2, -0.15) is 0 Å². The number of carbonyl (C=O) groups is 1. The van der Waals surface area contributed by atoms with Crippen LogP contribution in [0.3, 0.4) is 0 Å². The Balaban J connectivity index is 1.90. The zero-order valence-electron chi connectivity index (χ0n) is 14.1. The molecular formula is C19H21NO4S. The van der Waals surface area contributed by atoms with Crippen LogP contribution in [0.5, 0.6) is 0 Å². The van der Waals surface area contributed by atoms with Gasteiger partial charge in [-0.1, -0.05) is 42.0 Å². The minimum atomic E-state index is -3.82. The van der Waals surface area contributed by atoms with Gasteiger partial charge in [-0.15, -0.1) is 0 Å². The fourth-order valence-corrected chi connectivity index (χ4v) is 4.73. The highest BCUT2D eigenvalue weighted by Gasteiger charge is 2.37. The maximum Gasteiger partial charge on any atom is 0.264 e. The smallest absolute Gasteiger partial charge is 0.264 e. The van der Waals surface area contributed by atoms with Crippen LogP contribution in [0.2, 0.25) is 0 Å². The van der Waals surface area contributed by atoms with E-state index in [4.69, 9.17) is 0 Å². The van der Waals surface area contributed by atoms with Crippen LogP contribution in [0, 0.1) is 6.92 Å². The van der Waals surface area contributed by atoms with Crippen LogP contribution in [0.1, 0.15) is 24.8 Å². The summed E-state index contributed by atoms with van der Waals surface area (Å²) in [5.74, 6) is -0.736. The minimum Gasteiger partial charge on any atom is -0.286 e. The quantitative estimate of drug-likeness (QED) is 0.854. The first kappa shape index (κ1) is 17.6. The van der Waals surface area contributed by atoms with Crippen molar-refractivity contribution in [3.63, 3.8) is 0 Å². The summed E-state index contributed by atoms with van der Waals surface area (Å²) in [4.78, 5) is 12.3. The minimum absolute atomic E-state index is 0.108. The average molecular weight is 359 g/mol. The van der Waals surface area contributed by atoms with Gasteiger partial charge in [0, 0.05) is 6.54 Å². The van der Waals surface area contributed by atoms with Crippen molar-refractivity contribution in [3.8, 4) is 11.1 Å². The van der Waals surface area contributed by atoms with Crippen LogP contribution in [0.4, 0.5) is 0 Å². The fraction of sp³-hybridized carbons (Fsp3) is 0.316. The second kappa shape index (κ2) is 6.98. The zero-order chi connectivity index (χ0) is 18.0. The van der Waals surface area contributed by atoms with Crippen LogP contribution in [-0.2, 0) is 14.6 Å². The van der Waals surface area contributed by atoms with E-state index < -0.39 is 21.0 Å². The molecule has 2 aromatic rings. The predicted octanol–water partition coefficient (Wildman–Crippen LogP) is 3.21. The molecule has 0 bridgehead atoms. The van der Waals surface area contributed by atoms with Gasteiger partial charge in [0.15, 0.2) is 9.84 Å². The number of aryl methyl sites for hydroxylation is 1. The normalized spacial score (nSPS) is 18.9. The van der Waals surface area contributed by atoms with Gasteiger partial charge in [0.05, 0.1) is 4.90 Å². The molecule has 5 nitrogen and oxygen atoms in total. The van der Waals surface area contributed by atoms with Crippen molar-refractivity contribution in [1.29, 1.82) is 0 Å². The molecule has 0 aromatic heterocycles. The number of hydrogen-bond donors (Lipinski definition) is 1. The number of hydroxylamine groups is 2. The van der Waals surface area contributed by atoms with Crippen molar-refractivity contribution in [3.05, 3.63) is 54.1 Å². The maximum absolute atomic E-state index is 12.8. The molecule has 1 atom stereocenters. The summed E-state index contributed by atoms with van der Waals surface area (Å²) in [7, 11) is -3.82. The third-order valence-corrected chi connectivity index (χ3v) is 6.67. The van der Waals surface area contributed by atoms with Crippen LogP contribution in [-0.4, -0.2) is 36.4 Å². The third-order valence-electron chi connectivity index (χ3n) is 4.56. The molecule has 1 amide bonds. The highest BCUT2D eigenvalue weighted by Crippen LogP contribution is 2.27. The molecule has 1 unspecified atom stereocenters. The standard InChI is InChI=1S/C19H21NO4S/c1-14-5-7-15(8-6-14)16-9-11-17(12-10-16)25(23,24)18-4-2-3-13-20(22)19(18)21/h5-12,18,22H,2-4,13H2,1H3. The number of benzene rings is 2. The Morgan fingerprint density at radius 3 is 2.12 bits per heavy atom. The number of sulfone groups is 1. The van der Waals surface area contributed by atoms with Crippen LogP contribution in [0.25, 0.3) is 11.1 Å². The van der Waals surface area contributed by atoms with Crippen molar-refractivity contribution < 1.29 is 18.4 Å². The zero-order valence-corrected chi connectivity index (χ0v) is 14.9. The summed E-state index contributed by atoms with van der Waals surface area (Å²) in [5, 5.41) is 8.99. The van der Waals surface area contributed by atoms with Crippen LogP contribution < -0.4 is 0 Å². The summed E-state index contributed by atoms with van der Waals surface area (Å²) < 4.78 is 25.7. The first-order valence-corrected chi connectivity index (χ1v) is 9.85. The molecule has 1 saturated heterocycles. The monoisotopic (exact) mass is 359 g/mol. The molecule has 1 fully saturated rings. The van der Waals surface area contributed by atoms with Gasteiger partial charge in [-0.25, -0.2) is 13.5 Å². The Bertz CT molecular complexity index is 857. The van der Waals surface area contributed by atoms with Crippen molar-refractivity contribution in [2.45, 2.75) is 36.3 Å². The summed E-state index contributed by atoms with van der Waals surface area (Å²) in [6.45, 7) is 2.19. The van der Waals surface area contributed by atoms with E-state index >= 15 is 0 Å². The summed E-state index contributed by atoms with van der Waals surface area (Å²) in [6, 6.07) is 14.5. The molecular weight excluding hydrogens is 338 g/mol. The largest absolute Gasteiger partial charge is 0.286 e. The van der Waals surface area contributed by atoms with Gasteiger partial charge in [-0.3, -0.25) is 10.0 Å². The summed E-state index contributed by atoms with van der Waals surface area (Å²) in [5.41, 5.74) is 3.07. The van der Waals surface area contributed by atoms with E-state index in [0.717, 1.165) is 16.7 Å². The number of carbonyl (C=O) groups excluding carboxylic acids is 1. The Morgan fingerprint density at radius 2 is 1.52 bits per heavy atom. The number of nitrogens with zero attached hydrogens (tertiary/aromatic N) is 1. The topological polar surface area (TPSA) is 74.7 Å². The molecule has 6 heteroatoms.